The first-order valence-corrected chi connectivity index (χ1v) is 7.12. The van der Waals surface area contributed by atoms with Crippen LogP contribution in [0, 0.1) is 17.1 Å². The van der Waals surface area contributed by atoms with E-state index in [2.05, 4.69) is 9.97 Å². The number of H-pyrrole nitrogens is 1. The van der Waals surface area contributed by atoms with Gasteiger partial charge >= 0.3 is 0 Å². The number of rotatable bonds is 2. The van der Waals surface area contributed by atoms with Crippen LogP contribution in [0.15, 0.2) is 38.8 Å². The van der Waals surface area contributed by atoms with Crippen LogP contribution in [0.5, 0.6) is 0 Å². The molecule has 0 fully saturated rings. The molecule has 7 heteroatoms. The van der Waals surface area contributed by atoms with Crippen LogP contribution in [-0.4, -0.2) is 16.2 Å². The molecule has 21 heavy (non-hydrogen) atoms. The number of furan rings is 1. The number of nitriles is 1. The maximum absolute atomic E-state index is 14.3. The summed E-state index contributed by atoms with van der Waals surface area (Å²) in [6, 6.07) is 6.08. The van der Waals surface area contributed by atoms with Crippen molar-refractivity contribution in [1.82, 2.24) is 9.97 Å². The molecule has 1 N–H and O–H groups in total. The van der Waals surface area contributed by atoms with Gasteiger partial charge in [0.2, 0.25) is 0 Å². The zero-order valence-corrected chi connectivity index (χ0v) is 11.6. The number of aromatic amines is 1. The van der Waals surface area contributed by atoms with Crippen molar-refractivity contribution in [2.24, 2.45) is 0 Å². The molecule has 0 saturated carbocycles. The summed E-state index contributed by atoms with van der Waals surface area (Å²) < 4.78 is 19.5. The smallest absolute Gasteiger partial charge is 0.270 e. The van der Waals surface area contributed by atoms with Crippen LogP contribution in [-0.2, 0) is 0 Å². The van der Waals surface area contributed by atoms with E-state index in [0.29, 0.717) is 16.1 Å². The predicted octanol–water partition coefficient (Wildman–Crippen LogP) is 2.92. The Hall–Kier alpha value is -2.59. The Bertz CT molecular complexity index is 940. The molecule has 0 aliphatic heterocycles. The van der Waals surface area contributed by atoms with Crippen LogP contribution in [0.1, 0.15) is 5.56 Å². The van der Waals surface area contributed by atoms with E-state index in [1.54, 1.807) is 18.4 Å². The van der Waals surface area contributed by atoms with Gasteiger partial charge in [0.15, 0.2) is 5.16 Å². The molecule has 0 saturated heterocycles. The lowest BCUT2D eigenvalue weighted by atomic mass is 10.0. The molecule has 0 atom stereocenters. The average Bonchev–Trinajstić information content (AvgIpc) is 2.94. The second-order valence-electron chi connectivity index (χ2n) is 4.17. The zero-order chi connectivity index (χ0) is 15.0. The normalized spacial score (nSPS) is 10.7. The van der Waals surface area contributed by atoms with E-state index in [9.17, 15) is 14.4 Å². The van der Waals surface area contributed by atoms with Gasteiger partial charge in [0.1, 0.15) is 28.7 Å². The molecule has 104 valence electrons. The van der Waals surface area contributed by atoms with E-state index >= 15 is 0 Å². The summed E-state index contributed by atoms with van der Waals surface area (Å²) in [7, 11) is 0. The number of nitrogens with one attached hydrogen (secondary N) is 1. The molecule has 5 nitrogen and oxygen atoms in total. The highest BCUT2D eigenvalue weighted by atomic mass is 32.2. The van der Waals surface area contributed by atoms with Gasteiger partial charge in [-0.1, -0.05) is 11.8 Å². The molecule has 0 unspecified atom stereocenters. The number of hydrogen-bond acceptors (Lipinski definition) is 5. The molecule has 0 aliphatic rings. The van der Waals surface area contributed by atoms with Gasteiger partial charge < -0.3 is 9.40 Å². The van der Waals surface area contributed by atoms with Crippen molar-refractivity contribution in [3.63, 3.8) is 0 Å². The summed E-state index contributed by atoms with van der Waals surface area (Å²) >= 11 is 1.20. The number of thioether (sulfide) groups is 1. The van der Waals surface area contributed by atoms with Crippen LogP contribution in [0.3, 0.4) is 0 Å². The zero-order valence-electron chi connectivity index (χ0n) is 10.8. The standard InChI is InChI=1S/C14H8FN3O2S/c1-21-14-17-12(8(6-16)13(19)18-14)11-7-4-5-20-10(7)3-2-9(11)15/h2-5H,1H3,(H,17,18,19). The Balaban J connectivity index is 2.45. The van der Waals surface area contributed by atoms with Gasteiger partial charge in [0, 0.05) is 10.9 Å². The van der Waals surface area contributed by atoms with Gasteiger partial charge in [-0.05, 0) is 24.5 Å². The number of halogens is 1. The first-order valence-electron chi connectivity index (χ1n) is 5.90. The number of fused-ring (bicyclic) bond motifs is 1. The third-order valence-corrected chi connectivity index (χ3v) is 3.60. The van der Waals surface area contributed by atoms with Crippen molar-refractivity contribution >= 4 is 22.7 Å². The summed E-state index contributed by atoms with van der Waals surface area (Å²) in [5.41, 5.74) is -0.232. The number of nitrogens with zero attached hydrogens (tertiary/aromatic N) is 2. The van der Waals surface area contributed by atoms with Crippen molar-refractivity contribution in [3.8, 4) is 17.3 Å². The minimum atomic E-state index is -0.591. The molecule has 0 spiro atoms. The molecule has 0 bridgehead atoms. The summed E-state index contributed by atoms with van der Waals surface area (Å²) in [5, 5.41) is 9.96. The molecule has 3 aromatic rings. The average molecular weight is 301 g/mol. The maximum atomic E-state index is 14.3. The van der Waals surface area contributed by atoms with Gasteiger partial charge in [-0.2, -0.15) is 5.26 Å². The Kier molecular flexibility index (Phi) is 3.23. The van der Waals surface area contributed by atoms with E-state index in [1.807, 2.05) is 0 Å². The quantitative estimate of drug-likeness (QED) is 0.581. The predicted molar refractivity (Wildman–Crippen MR) is 76.5 cm³/mol. The lowest BCUT2D eigenvalue weighted by molar-refractivity contribution is 0.610. The van der Waals surface area contributed by atoms with Gasteiger partial charge in [-0.15, -0.1) is 0 Å². The molecule has 3 rings (SSSR count). The van der Waals surface area contributed by atoms with Crippen LogP contribution >= 0.6 is 11.8 Å². The van der Waals surface area contributed by atoms with Crippen molar-refractivity contribution in [3.05, 3.63) is 46.2 Å². The Morgan fingerprint density at radius 2 is 2.24 bits per heavy atom. The first-order chi connectivity index (χ1) is 10.2. The van der Waals surface area contributed by atoms with E-state index in [4.69, 9.17) is 4.42 Å². The fourth-order valence-electron chi connectivity index (χ4n) is 2.09. The summed E-state index contributed by atoms with van der Waals surface area (Å²) in [5.74, 6) is -0.564. The highest BCUT2D eigenvalue weighted by molar-refractivity contribution is 7.98. The summed E-state index contributed by atoms with van der Waals surface area (Å²) in [6.45, 7) is 0. The number of benzene rings is 1. The van der Waals surface area contributed by atoms with Crippen LogP contribution in [0.25, 0.3) is 22.2 Å². The van der Waals surface area contributed by atoms with Gasteiger partial charge in [0.05, 0.1) is 6.26 Å². The number of hydrogen-bond donors (Lipinski definition) is 1. The fraction of sp³-hybridized carbons (Fsp3) is 0.0714. The Morgan fingerprint density at radius 1 is 1.43 bits per heavy atom. The third-order valence-electron chi connectivity index (χ3n) is 3.02. The lowest BCUT2D eigenvalue weighted by Crippen LogP contribution is -2.15. The van der Waals surface area contributed by atoms with Crippen LogP contribution in [0.4, 0.5) is 4.39 Å². The molecule has 2 aromatic heterocycles. The van der Waals surface area contributed by atoms with Gasteiger partial charge in [-0.25, -0.2) is 9.37 Å². The van der Waals surface area contributed by atoms with E-state index in [1.165, 1.54) is 30.2 Å². The molecular weight excluding hydrogens is 293 g/mol. The first kappa shape index (κ1) is 13.4. The lowest BCUT2D eigenvalue weighted by Gasteiger charge is -2.07. The summed E-state index contributed by atoms with van der Waals surface area (Å²) in [6.07, 6.45) is 3.14. The van der Waals surface area contributed by atoms with Gasteiger partial charge in [-0.3, -0.25) is 4.79 Å². The SMILES string of the molecule is CSc1nc(-c2c(F)ccc3occc23)c(C#N)c(=O)[nH]1. The molecule has 0 amide bonds. The molecule has 1 aromatic carbocycles. The van der Waals surface area contributed by atoms with Crippen molar-refractivity contribution in [2.45, 2.75) is 5.16 Å². The van der Waals surface area contributed by atoms with Crippen molar-refractivity contribution in [1.29, 1.82) is 5.26 Å². The van der Waals surface area contributed by atoms with E-state index in [0.717, 1.165) is 0 Å². The summed E-state index contributed by atoms with van der Waals surface area (Å²) in [4.78, 5) is 18.6. The number of aromatic nitrogens is 2. The minimum absolute atomic E-state index is 0.0232. The van der Waals surface area contributed by atoms with Crippen LogP contribution < -0.4 is 5.56 Å². The van der Waals surface area contributed by atoms with E-state index < -0.39 is 11.4 Å². The topological polar surface area (TPSA) is 82.7 Å². The second-order valence-corrected chi connectivity index (χ2v) is 4.96. The molecular formula is C14H8FN3O2S. The molecule has 0 aliphatic carbocycles. The highest BCUT2D eigenvalue weighted by Crippen LogP contribution is 2.32. The Labute approximate surface area is 122 Å². The molecule has 2 heterocycles. The van der Waals surface area contributed by atoms with Crippen molar-refractivity contribution < 1.29 is 8.81 Å². The van der Waals surface area contributed by atoms with Gasteiger partial charge in [0.25, 0.3) is 5.56 Å². The second kappa shape index (κ2) is 5.07. The van der Waals surface area contributed by atoms with Crippen LogP contribution in [0.2, 0.25) is 0 Å². The minimum Gasteiger partial charge on any atom is -0.464 e. The van der Waals surface area contributed by atoms with Crippen molar-refractivity contribution in [2.75, 3.05) is 6.26 Å². The monoisotopic (exact) mass is 301 g/mol. The van der Waals surface area contributed by atoms with E-state index in [-0.39, 0.29) is 16.8 Å². The fourth-order valence-corrected chi connectivity index (χ4v) is 2.47. The largest absolute Gasteiger partial charge is 0.464 e. The maximum Gasteiger partial charge on any atom is 0.270 e. The highest BCUT2D eigenvalue weighted by Gasteiger charge is 2.20. The molecule has 0 radical (unpaired) electrons. The Morgan fingerprint density at radius 3 is 2.95 bits per heavy atom. The third kappa shape index (κ3) is 2.10.